The highest BCUT2D eigenvalue weighted by molar-refractivity contribution is 5.80. The van der Waals surface area contributed by atoms with Crippen molar-refractivity contribution in [3.63, 3.8) is 0 Å². The largest absolute Gasteiger partial charge is 0.120 e. The Balaban J connectivity index is 2.03. The summed E-state index contributed by atoms with van der Waals surface area (Å²) in [4.78, 5) is 0. The van der Waals surface area contributed by atoms with E-state index in [0.29, 0.717) is 0 Å². The molecule has 2 aromatic carbocycles. The van der Waals surface area contributed by atoms with Gasteiger partial charge in [-0.2, -0.15) is 0 Å². The lowest BCUT2D eigenvalue weighted by Crippen LogP contribution is -1.82. The number of rotatable bonds is 2. The SMILES string of the molecule is C1=CC=C(c2cccc(-c3ccccc3)c2)C=1. The normalized spacial score (nSPS) is 12.8. The Labute approximate surface area is 101 Å². The van der Waals surface area contributed by atoms with E-state index in [4.69, 9.17) is 0 Å². The standard InChI is InChI=1S/C17H12/c1-2-7-14(8-3-1)16-11-6-12-17(13-16)15-9-4-5-10-15/h1-4,6-13H. The van der Waals surface area contributed by atoms with Crippen molar-refractivity contribution in [2.75, 3.05) is 0 Å². The first-order valence-electron chi connectivity index (χ1n) is 5.72. The molecule has 0 aromatic heterocycles. The van der Waals surface area contributed by atoms with Crippen molar-refractivity contribution in [1.29, 1.82) is 0 Å². The van der Waals surface area contributed by atoms with E-state index in [1.54, 1.807) is 0 Å². The molecular formula is C17H12. The Morgan fingerprint density at radius 3 is 2.24 bits per heavy atom. The van der Waals surface area contributed by atoms with Crippen LogP contribution in [-0.2, 0) is 0 Å². The zero-order valence-electron chi connectivity index (χ0n) is 9.43. The minimum absolute atomic E-state index is 1.22. The van der Waals surface area contributed by atoms with Crippen LogP contribution in [0.15, 0.2) is 78.6 Å². The molecule has 2 aromatic rings. The van der Waals surface area contributed by atoms with Crippen LogP contribution in [0.2, 0.25) is 0 Å². The van der Waals surface area contributed by atoms with Crippen LogP contribution in [0.1, 0.15) is 5.56 Å². The van der Waals surface area contributed by atoms with Crippen molar-refractivity contribution in [1.82, 2.24) is 0 Å². The van der Waals surface area contributed by atoms with Crippen LogP contribution in [0.25, 0.3) is 16.7 Å². The van der Waals surface area contributed by atoms with E-state index in [0.717, 1.165) is 0 Å². The molecule has 0 radical (unpaired) electrons. The number of hydrogen-bond donors (Lipinski definition) is 0. The Morgan fingerprint density at radius 2 is 1.47 bits per heavy atom. The summed E-state index contributed by atoms with van der Waals surface area (Å²) in [5, 5.41) is 0. The fraction of sp³-hybridized carbons (Fsp3) is 0. The summed E-state index contributed by atoms with van der Waals surface area (Å²) in [7, 11) is 0. The van der Waals surface area contributed by atoms with Crippen LogP contribution < -0.4 is 0 Å². The van der Waals surface area contributed by atoms with Gasteiger partial charge in [0.15, 0.2) is 0 Å². The minimum Gasteiger partial charge on any atom is -0.120 e. The third-order valence-electron chi connectivity index (χ3n) is 2.90. The molecule has 0 spiro atoms. The summed E-state index contributed by atoms with van der Waals surface area (Å²) in [6.07, 6.45) is 6.05. The molecule has 0 N–H and O–H groups in total. The van der Waals surface area contributed by atoms with Crippen LogP contribution in [-0.4, -0.2) is 0 Å². The van der Waals surface area contributed by atoms with Crippen molar-refractivity contribution in [2.24, 2.45) is 0 Å². The molecule has 3 rings (SSSR count). The summed E-state index contributed by atoms with van der Waals surface area (Å²) in [6.45, 7) is 0. The van der Waals surface area contributed by atoms with Crippen molar-refractivity contribution < 1.29 is 0 Å². The molecular weight excluding hydrogens is 204 g/mol. The molecule has 0 unspecified atom stereocenters. The van der Waals surface area contributed by atoms with E-state index in [-0.39, 0.29) is 0 Å². The maximum atomic E-state index is 3.09. The van der Waals surface area contributed by atoms with Gasteiger partial charge in [-0.15, -0.1) is 5.73 Å². The smallest absolute Gasteiger partial charge is 0.0100 e. The molecule has 0 aliphatic heterocycles. The maximum Gasteiger partial charge on any atom is -0.0100 e. The molecule has 0 fully saturated rings. The van der Waals surface area contributed by atoms with Gasteiger partial charge in [0.25, 0.3) is 0 Å². The Bertz CT molecular complexity index is 624. The van der Waals surface area contributed by atoms with E-state index >= 15 is 0 Å². The van der Waals surface area contributed by atoms with E-state index in [9.17, 15) is 0 Å². The van der Waals surface area contributed by atoms with Crippen molar-refractivity contribution in [3.05, 3.63) is 84.1 Å². The third kappa shape index (κ3) is 1.99. The lowest BCUT2D eigenvalue weighted by molar-refractivity contribution is 1.58. The van der Waals surface area contributed by atoms with Gasteiger partial charge in [-0.25, -0.2) is 0 Å². The van der Waals surface area contributed by atoms with Crippen LogP contribution in [0.5, 0.6) is 0 Å². The van der Waals surface area contributed by atoms with Gasteiger partial charge in [-0.05, 0) is 46.6 Å². The Kier molecular flexibility index (Phi) is 2.50. The van der Waals surface area contributed by atoms with Crippen LogP contribution in [0.3, 0.4) is 0 Å². The van der Waals surface area contributed by atoms with Gasteiger partial charge in [0, 0.05) is 0 Å². The number of hydrogen-bond acceptors (Lipinski definition) is 0. The van der Waals surface area contributed by atoms with Gasteiger partial charge < -0.3 is 0 Å². The zero-order chi connectivity index (χ0) is 11.5. The van der Waals surface area contributed by atoms with E-state index in [2.05, 4.69) is 60.3 Å². The number of allylic oxidation sites excluding steroid dienone is 3. The van der Waals surface area contributed by atoms with Gasteiger partial charge >= 0.3 is 0 Å². The van der Waals surface area contributed by atoms with Gasteiger partial charge in [0.1, 0.15) is 0 Å². The average Bonchev–Trinajstić information content (AvgIpc) is 2.94. The van der Waals surface area contributed by atoms with Crippen LogP contribution >= 0.6 is 0 Å². The lowest BCUT2D eigenvalue weighted by atomic mass is 9.99. The molecule has 1 aliphatic rings. The molecule has 0 saturated heterocycles. The molecule has 0 saturated carbocycles. The summed E-state index contributed by atoms with van der Waals surface area (Å²) in [6, 6.07) is 19.0. The first-order chi connectivity index (χ1) is 8.43. The summed E-state index contributed by atoms with van der Waals surface area (Å²) < 4.78 is 0. The van der Waals surface area contributed by atoms with E-state index in [1.165, 1.54) is 22.3 Å². The second kappa shape index (κ2) is 4.29. The highest BCUT2D eigenvalue weighted by Crippen LogP contribution is 2.25. The van der Waals surface area contributed by atoms with Gasteiger partial charge in [-0.1, -0.05) is 48.5 Å². The summed E-state index contributed by atoms with van der Waals surface area (Å²) >= 11 is 0. The van der Waals surface area contributed by atoms with Gasteiger partial charge in [-0.3, -0.25) is 0 Å². The minimum atomic E-state index is 1.22. The molecule has 0 atom stereocenters. The summed E-state index contributed by atoms with van der Waals surface area (Å²) in [5.74, 6) is 0. The van der Waals surface area contributed by atoms with E-state index in [1.807, 2.05) is 18.2 Å². The van der Waals surface area contributed by atoms with Crippen molar-refractivity contribution in [3.8, 4) is 11.1 Å². The fourth-order valence-corrected chi connectivity index (χ4v) is 2.01. The van der Waals surface area contributed by atoms with Gasteiger partial charge in [0.05, 0.1) is 0 Å². The van der Waals surface area contributed by atoms with Crippen LogP contribution in [0.4, 0.5) is 0 Å². The highest BCUT2D eigenvalue weighted by atomic mass is 14.1. The van der Waals surface area contributed by atoms with Gasteiger partial charge in [0.2, 0.25) is 0 Å². The first-order valence-corrected chi connectivity index (χ1v) is 5.72. The Hall–Kier alpha value is -2.30. The van der Waals surface area contributed by atoms with E-state index < -0.39 is 0 Å². The Morgan fingerprint density at radius 1 is 0.706 bits per heavy atom. The first kappa shape index (κ1) is 9.89. The third-order valence-corrected chi connectivity index (χ3v) is 2.90. The van der Waals surface area contributed by atoms with Crippen molar-refractivity contribution >= 4 is 5.57 Å². The fourth-order valence-electron chi connectivity index (χ4n) is 2.01. The molecule has 17 heavy (non-hydrogen) atoms. The monoisotopic (exact) mass is 216 g/mol. The number of benzene rings is 2. The molecule has 0 heterocycles. The predicted molar refractivity (Wildman–Crippen MR) is 72.5 cm³/mol. The summed E-state index contributed by atoms with van der Waals surface area (Å²) in [5.41, 5.74) is 8.06. The highest BCUT2D eigenvalue weighted by Gasteiger charge is 2.02. The second-order valence-corrected chi connectivity index (χ2v) is 4.05. The maximum absolute atomic E-state index is 3.09. The van der Waals surface area contributed by atoms with Crippen molar-refractivity contribution in [2.45, 2.75) is 0 Å². The second-order valence-electron chi connectivity index (χ2n) is 4.05. The average molecular weight is 216 g/mol. The lowest BCUT2D eigenvalue weighted by Gasteiger charge is -2.05. The molecule has 0 nitrogen and oxygen atoms in total. The zero-order valence-corrected chi connectivity index (χ0v) is 9.43. The molecule has 0 heteroatoms. The quantitative estimate of drug-likeness (QED) is 0.650. The topological polar surface area (TPSA) is 0 Å². The molecule has 1 aliphatic carbocycles. The molecule has 80 valence electrons. The molecule has 0 amide bonds. The van der Waals surface area contributed by atoms with Crippen LogP contribution in [0, 0.1) is 0 Å². The predicted octanol–water partition coefficient (Wildman–Crippen LogP) is 4.46. The molecule has 0 bridgehead atoms.